The van der Waals surface area contributed by atoms with Crippen molar-refractivity contribution in [3.05, 3.63) is 22.3 Å². The van der Waals surface area contributed by atoms with Gasteiger partial charge in [0, 0.05) is 0 Å². The van der Waals surface area contributed by atoms with E-state index in [0.717, 1.165) is 0 Å². The van der Waals surface area contributed by atoms with Gasteiger partial charge in [0.1, 0.15) is 0 Å². The Kier molecular flexibility index (Phi) is 3.51. The van der Waals surface area contributed by atoms with Crippen molar-refractivity contribution in [3.8, 4) is 0 Å². The van der Waals surface area contributed by atoms with Crippen LogP contribution in [0.15, 0.2) is 22.3 Å². The summed E-state index contributed by atoms with van der Waals surface area (Å²) in [6, 6.07) is 0. The molecule has 0 N–H and O–H groups in total. The Bertz CT molecular complexity index is 392. The average molecular weight is 268 g/mol. The van der Waals surface area contributed by atoms with E-state index in [-0.39, 0.29) is 0 Å². The predicted molar refractivity (Wildman–Crippen MR) is 74.4 cm³/mol. The molecule has 0 amide bonds. The third-order valence-corrected chi connectivity index (χ3v) is 11.1. The molecule has 0 heterocycles. The van der Waals surface area contributed by atoms with Gasteiger partial charge in [-0.3, -0.25) is 0 Å². The molecule has 1 unspecified atom stereocenters. The minimum atomic E-state index is -1.75. The first-order valence-corrected chi connectivity index (χ1v) is 12.7. The van der Waals surface area contributed by atoms with E-state index in [1.807, 2.05) is 5.57 Å². The van der Waals surface area contributed by atoms with Gasteiger partial charge in [0.15, 0.2) is 0 Å². The van der Waals surface area contributed by atoms with Crippen molar-refractivity contribution in [1.82, 2.24) is 0 Å². The second kappa shape index (κ2) is 4.39. The van der Waals surface area contributed by atoms with Gasteiger partial charge in [0.2, 0.25) is 0 Å². The van der Waals surface area contributed by atoms with Crippen LogP contribution in [0.4, 0.5) is 0 Å². The molecule has 0 fully saturated rings. The molecule has 1 atom stereocenters. The zero-order valence-electron chi connectivity index (χ0n) is 12.5. The van der Waals surface area contributed by atoms with Crippen LogP contribution in [0.3, 0.4) is 0 Å². The quantitative estimate of drug-likeness (QED) is 0.533. The van der Waals surface area contributed by atoms with Crippen molar-refractivity contribution in [1.29, 1.82) is 0 Å². The Hall–Kier alpha value is 0.194. The number of hydrogen-bond donors (Lipinski definition) is 0. The summed E-state index contributed by atoms with van der Waals surface area (Å²) < 4.78 is 0.542. The van der Waals surface area contributed by atoms with Crippen molar-refractivity contribution < 1.29 is 16.6 Å². The van der Waals surface area contributed by atoms with E-state index in [1.54, 1.807) is 16.7 Å². The van der Waals surface area contributed by atoms with Gasteiger partial charge in [0.25, 0.3) is 0 Å². The number of rotatable bonds is 2. The molecule has 0 nitrogen and oxygen atoms in total. The normalized spacial score (nSPS) is 30.0. The zero-order chi connectivity index (χ0) is 12.8. The Balaban J connectivity index is 2.64. The molecule has 2 aliphatic rings. The van der Waals surface area contributed by atoms with E-state index in [9.17, 15) is 0 Å². The molecule has 96 valence electrons. The second-order valence-corrected chi connectivity index (χ2v) is 15.3. The van der Waals surface area contributed by atoms with Gasteiger partial charge in [-0.1, -0.05) is 0 Å². The van der Waals surface area contributed by atoms with Gasteiger partial charge in [-0.25, -0.2) is 0 Å². The van der Waals surface area contributed by atoms with Gasteiger partial charge >= 0.3 is 111 Å². The predicted octanol–water partition coefficient (Wildman–Crippen LogP) is 6.07. The maximum absolute atomic E-state index is 2.62. The van der Waals surface area contributed by atoms with Crippen LogP contribution in [-0.2, 0) is 16.6 Å². The average Bonchev–Trinajstić information content (AvgIpc) is 2.49. The molecule has 17 heavy (non-hydrogen) atoms. The maximum atomic E-state index is 2.62. The first-order valence-electron chi connectivity index (χ1n) is 7.27. The first kappa shape index (κ1) is 13.6. The molecular weight excluding hydrogens is 240 g/mol. The van der Waals surface area contributed by atoms with E-state index in [1.165, 1.54) is 32.1 Å². The summed E-state index contributed by atoms with van der Waals surface area (Å²) in [6.07, 6.45) is 6.94. The zero-order valence-corrected chi connectivity index (χ0v) is 14.1. The van der Waals surface area contributed by atoms with Crippen LogP contribution in [0.1, 0.15) is 52.9 Å². The van der Waals surface area contributed by atoms with Gasteiger partial charge < -0.3 is 0 Å². The molecule has 0 radical (unpaired) electrons. The number of allylic oxidation sites excluding steroid dienone is 4. The van der Waals surface area contributed by atoms with Crippen LogP contribution in [0.25, 0.3) is 0 Å². The monoisotopic (exact) mass is 268 g/mol. The van der Waals surface area contributed by atoms with E-state index < -0.39 is 16.6 Å². The molecular formula is C16H28Ti. The topological polar surface area (TPSA) is 0 Å². The van der Waals surface area contributed by atoms with Gasteiger partial charge in [-0.05, 0) is 0 Å². The fourth-order valence-electron chi connectivity index (χ4n) is 4.59. The molecule has 0 saturated heterocycles. The first-order chi connectivity index (χ1) is 7.86. The Morgan fingerprint density at radius 3 is 2.18 bits per heavy atom. The van der Waals surface area contributed by atoms with Crippen LogP contribution < -0.4 is 0 Å². The summed E-state index contributed by atoms with van der Waals surface area (Å²) in [6.45, 7) is 7.26. The van der Waals surface area contributed by atoms with Crippen LogP contribution >= 0.6 is 0 Å². The van der Waals surface area contributed by atoms with Crippen molar-refractivity contribution in [2.75, 3.05) is 0 Å². The van der Waals surface area contributed by atoms with E-state index in [4.69, 9.17) is 0 Å². The summed E-state index contributed by atoms with van der Waals surface area (Å²) in [5.41, 5.74) is 7.08. The molecule has 0 aromatic heterocycles. The Morgan fingerprint density at radius 1 is 1.06 bits per heavy atom. The van der Waals surface area contributed by atoms with Crippen LogP contribution in [0.5, 0.6) is 0 Å². The summed E-state index contributed by atoms with van der Waals surface area (Å²) in [5.74, 6) is 0. The standard InChI is InChI=1S/C13H19.3CH3.Ti/c1-4-11-9(2)10(3)12-7-5-6-8-13(11)12;;;;/h4-8H2,1-3H3;3*1H3;. The van der Waals surface area contributed by atoms with Gasteiger partial charge in [0.05, 0.1) is 0 Å². The molecule has 0 saturated carbocycles. The summed E-state index contributed by atoms with van der Waals surface area (Å²) in [7, 11) is 0. The second-order valence-electron chi connectivity index (χ2n) is 6.92. The van der Waals surface area contributed by atoms with Crippen molar-refractivity contribution in [3.63, 3.8) is 0 Å². The van der Waals surface area contributed by atoms with Gasteiger partial charge in [-0.2, -0.15) is 0 Å². The molecule has 1 heteroatoms. The van der Waals surface area contributed by atoms with Crippen LogP contribution in [0, 0.1) is 0 Å². The molecule has 0 spiro atoms. The summed E-state index contributed by atoms with van der Waals surface area (Å²) in [5, 5.41) is 7.85. The van der Waals surface area contributed by atoms with Crippen LogP contribution in [-0.4, -0.2) is 0 Å². The summed E-state index contributed by atoms with van der Waals surface area (Å²) in [4.78, 5) is 0. The van der Waals surface area contributed by atoms with E-state index in [0.29, 0.717) is 3.72 Å². The fourth-order valence-corrected chi connectivity index (χ4v) is 10.1. The van der Waals surface area contributed by atoms with E-state index >= 15 is 0 Å². The third-order valence-electron chi connectivity index (χ3n) is 5.45. The van der Waals surface area contributed by atoms with Gasteiger partial charge in [-0.15, -0.1) is 0 Å². The van der Waals surface area contributed by atoms with Crippen molar-refractivity contribution >= 4 is 0 Å². The fraction of sp³-hybridized carbons (Fsp3) is 0.750. The molecule has 0 bridgehead atoms. The Labute approximate surface area is 111 Å². The molecule has 0 aliphatic heterocycles. The summed E-state index contributed by atoms with van der Waals surface area (Å²) >= 11 is -1.75. The Morgan fingerprint density at radius 2 is 1.65 bits per heavy atom. The SMILES string of the molecule is CC[C]1([Ti]([CH3])([CH3])[CH3])C(C)=C(C)C2=C1CCCC2. The molecule has 0 aromatic carbocycles. The van der Waals surface area contributed by atoms with Crippen molar-refractivity contribution in [2.45, 2.75) is 72.3 Å². The molecule has 2 rings (SSSR count). The van der Waals surface area contributed by atoms with E-state index in [2.05, 4.69) is 36.5 Å². The third kappa shape index (κ3) is 1.75. The molecule has 2 aliphatic carbocycles. The van der Waals surface area contributed by atoms with Crippen molar-refractivity contribution in [2.24, 2.45) is 0 Å². The number of hydrogen-bond acceptors (Lipinski definition) is 0. The van der Waals surface area contributed by atoms with Crippen LogP contribution in [0.2, 0.25) is 19.4 Å². The minimum absolute atomic E-state index is 0.542. The molecule has 0 aromatic rings.